The molecule has 3 aromatic rings. The van der Waals surface area contributed by atoms with Gasteiger partial charge in [0.1, 0.15) is 23.4 Å². The van der Waals surface area contributed by atoms with Gasteiger partial charge in [-0.2, -0.15) is 0 Å². The molecule has 0 N–H and O–H groups in total. The van der Waals surface area contributed by atoms with Gasteiger partial charge < -0.3 is 4.74 Å². The van der Waals surface area contributed by atoms with Crippen LogP contribution in [0.15, 0.2) is 47.6 Å². The average Bonchev–Trinajstić information content (AvgIpc) is 3.06. The molecule has 0 amide bonds. The lowest BCUT2D eigenvalue weighted by atomic mass is 10.1. The lowest BCUT2D eigenvalue weighted by Crippen LogP contribution is -2.11. The van der Waals surface area contributed by atoms with Gasteiger partial charge in [-0.3, -0.25) is 14.7 Å². The van der Waals surface area contributed by atoms with Crippen LogP contribution in [0, 0.1) is 36.3 Å². The van der Waals surface area contributed by atoms with Gasteiger partial charge >= 0.3 is 0 Å². The predicted octanol–water partition coefficient (Wildman–Crippen LogP) is 4.66. The molecule has 2 aromatic carbocycles. The first-order valence-corrected chi connectivity index (χ1v) is 10.3. The fourth-order valence-corrected chi connectivity index (χ4v) is 4.32. The summed E-state index contributed by atoms with van der Waals surface area (Å²) in [7, 11) is 0. The van der Waals surface area contributed by atoms with Crippen LogP contribution in [-0.4, -0.2) is 32.8 Å². The minimum Gasteiger partial charge on any atom is -0.479 e. The van der Waals surface area contributed by atoms with Crippen molar-refractivity contribution in [1.82, 2.24) is 14.8 Å². The molecule has 0 saturated heterocycles. The van der Waals surface area contributed by atoms with Crippen molar-refractivity contribution in [3.8, 4) is 23.8 Å². The van der Waals surface area contributed by atoms with Crippen LogP contribution in [0.2, 0.25) is 5.02 Å². The van der Waals surface area contributed by atoms with Crippen molar-refractivity contribution in [3.05, 3.63) is 74.6 Å². The zero-order valence-corrected chi connectivity index (χ0v) is 18.0. The first kappa shape index (κ1) is 21.7. The summed E-state index contributed by atoms with van der Waals surface area (Å²) in [6, 6.07) is 13.0. The number of ether oxygens (including phenoxy) is 1. The van der Waals surface area contributed by atoms with Gasteiger partial charge in [0, 0.05) is 10.6 Å². The number of nitro groups is 1. The van der Waals surface area contributed by atoms with Gasteiger partial charge in [-0.1, -0.05) is 47.5 Å². The van der Waals surface area contributed by atoms with Crippen molar-refractivity contribution in [2.24, 2.45) is 0 Å². The molecule has 1 atom stereocenters. The van der Waals surface area contributed by atoms with Crippen molar-refractivity contribution in [2.45, 2.75) is 24.3 Å². The van der Waals surface area contributed by atoms with Crippen LogP contribution in [0.4, 0.5) is 0 Å². The second kappa shape index (κ2) is 9.65. The van der Waals surface area contributed by atoms with Crippen LogP contribution in [-0.2, 0) is 0 Å². The number of aryl methyl sites for hydroxylation is 2. The molecule has 0 aliphatic heterocycles. The molecule has 0 aliphatic carbocycles. The van der Waals surface area contributed by atoms with E-state index >= 15 is 0 Å². The number of rotatable bonds is 8. The molecule has 3 rings (SSSR count). The van der Waals surface area contributed by atoms with E-state index in [-0.39, 0.29) is 18.1 Å². The normalized spacial score (nSPS) is 11.7. The Morgan fingerprint density at radius 1 is 1.30 bits per heavy atom. The maximum atomic E-state index is 11.3. The maximum Gasteiger partial charge on any atom is 0.220 e. The fourth-order valence-electron chi connectivity index (χ4n) is 2.91. The molecule has 0 radical (unpaired) electrons. The molecule has 0 aliphatic rings. The molecule has 1 aromatic heterocycles. The van der Waals surface area contributed by atoms with Crippen LogP contribution in [0.3, 0.4) is 0 Å². The Labute approximate surface area is 183 Å². The molecule has 0 unspecified atom stereocenters. The van der Waals surface area contributed by atoms with Gasteiger partial charge in [-0.05, 0) is 49.2 Å². The summed E-state index contributed by atoms with van der Waals surface area (Å²) in [5, 5.41) is 20.1. The predicted molar refractivity (Wildman–Crippen MR) is 117 cm³/mol. The molecule has 1 heterocycles. The summed E-state index contributed by atoms with van der Waals surface area (Å²) in [5.41, 5.74) is 2.68. The van der Waals surface area contributed by atoms with Crippen LogP contribution >= 0.6 is 23.4 Å². The van der Waals surface area contributed by atoms with E-state index in [1.54, 1.807) is 18.2 Å². The van der Waals surface area contributed by atoms with E-state index in [1.807, 2.05) is 42.7 Å². The maximum absolute atomic E-state index is 11.3. The quantitative estimate of drug-likeness (QED) is 0.218. The fraction of sp³-hybridized carbons (Fsp3) is 0.238. The Kier molecular flexibility index (Phi) is 6.98. The van der Waals surface area contributed by atoms with Gasteiger partial charge in [-0.15, -0.1) is 16.6 Å². The largest absolute Gasteiger partial charge is 0.479 e. The van der Waals surface area contributed by atoms with E-state index in [0.717, 1.165) is 11.3 Å². The van der Waals surface area contributed by atoms with Crippen molar-refractivity contribution < 1.29 is 9.66 Å². The highest BCUT2D eigenvalue weighted by Gasteiger charge is 2.24. The van der Waals surface area contributed by atoms with Crippen molar-refractivity contribution in [3.63, 3.8) is 0 Å². The first-order valence-electron chi connectivity index (χ1n) is 9.02. The Morgan fingerprint density at radius 3 is 2.77 bits per heavy atom. The number of nitrogens with zero attached hydrogens (tertiary/aromatic N) is 4. The summed E-state index contributed by atoms with van der Waals surface area (Å²) in [5.74, 6) is 3.50. The molecule has 0 saturated carbocycles. The van der Waals surface area contributed by atoms with Crippen LogP contribution in [0.5, 0.6) is 5.75 Å². The molecule has 0 bridgehead atoms. The Bertz CT molecular complexity index is 1110. The number of hydrogen-bond acceptors (Lipinski definition) is 6. The van der Waals surface area contributed by atoms with Crippen molar-refractivity contribution in [1.29, 1.82) is 0 Å². The minimum absolute atomic E-state index is 0.0883. The SMILES string of the molecule is C#CCOc1ccc([C@H](C[N+](=O)[O-])Sc2nnc(C)n2-c2cccc(C)c2)cc1Cl. The molecule has 7 nitrogen and oxygen atoms in total. The van der Waals surface area contributed by atoms with Gasteiger partial charge in [-0.25, -0.2) is 0 Å². The minimum atomic E-state index is -0.522. The zero-order chi connectivity index (χ0) is 21.7. The number of thioether (sulfide) groups is 1. The Balaban J connectivity index is 1.95. The lowest BCUT2D eigenvalue weighted by molar-refractivity contribution is -0.479. The number of aromatic nitrogens is 3. The topological polar surface area (TPSA) is 83.1 Å². The third-order valence-electron chi connectivity index (χ3n) is 4.26. The van der Waals surface area contributed by atoms with Crippen molar-refractivity contribution in [2.75, 3.05) is 13.2 Å². The molecule has 0 fully saturated rings. The summed E-state index contributed by atoms with van der Waals surface area (Å²) in [6.45, 7) is 3.63. The summed E-state index contributed by atoms with van der Waals surface area (Å²) >= 11 is 7.56. The number of hydrogen-bond donors (Lipinski definition) is 0. The number of benzene rings is 2. The summed E-state index contributed by atoms with van der Waals surface area (Å²) in [6.07, 6.45) is 5.21. The van der Waals surface area contributed by atoms with Crippen LogP contribution < -0.4 is 4.74 Å². The smallest absolute Gasteiger partial charge is 0.220 e. The summed E-state index contributed by atoms with van der Waals surface area (Å²) < 4.78 is 7.26. The van der Waals surface area contributed by atoms with Gasteiger partial charge in [0.2, 0.25) is 6.54 Å². The standard InChI is InChI=1S/C21H19ClN4O3S/c1-4-10-29-19-9-8-16(12-18(19)22)20(13-25(27)28)30-21-24-23-15(3)26(21)17-7-5-6-14(2)11-17/h1,5-9,11-12,20H,10,13H2,2-3H3/t20-/m0/s1. The highest BCUT2D eigenvalue weighted by atomic mass is 35.5. The highest BCUT2D eigenvalue weighted by Crippen LogP contribution is 2.38. The third-order valence-corrected chi connectivity index (χ3v) is 5.73. The lowest BCUT2D eigenvalue weighted by Gasteiger charge is -2.15. The number of halogens is 1. The monoisotopic (exact) mass is 442 g/mol. The molecule has 154 valence electrons. The van der Waals surface area contributed by atoms with Gasteiger partial charge in [0.05, 0.1) is 5.02 Å². The van der Waals surface area contributed by atoms with Crippen molar-refractivity contribution >= 4 is 23.4 Å². The molecule has 9 heteroatoms. The number of terminal acetylenes is 1. The highest BCUT2D eigenvalue weighted by molar-refractivity contribution is 7.99. The van der Waals surface area contributed by atoms with Gasteiger partial charge in [0.25, 0.3) is 0 Å². The Morgan fingerprint density at radius 2 is 2.10 bits per heavy atom. The Hall–Kier alpha value is -3.02. The van der Waals surface area contributed by atoms with E-state index < -0.39 is 5.25 Å². The van der Waals surface area contributed by atoms with E-state index in [1.165, 1.54) is 11.8 Å². The van der Waals surface area contributed by atoms with Gasteiger partial charge in [0.15, 0.2) is 5.16 Å². The summed E-state index contributed by atoms with van der Waals surface area (Å²) in [4.78, 5) is 11.0. The first-order chi connectivity index (χ1) is 14.4. The van der Waals surface area contributed by atoms with E-state index in [0.29, 0.717) is 27.3 Å². The second-order valence-electron chi connectivity index (χ2n) is 6.51. The van der Waals surface area contributed by atoms with E-state index in [4.69, 9.17) is 22.8 Å². The molecular formula is C21H19ClN4O3S. The zero-order valence-electron chi connectivity index (χ0n) is 16.4. The third kappa shape index (κ3) is 5.12. The molecule has 0 spiro atoms. The van der Waals surface area contributed by atoms with Crippen LogP contribution in [0.1, 0.15) is 22.2 Å². The second-order valence-corrected chi connectivity index (χ2v) is 8.09. The van der Waals surface area contributed by atoms with E-state index in [2.05, 4.69) is 16.1 Å². The molecule has 30 heavy (non-hydrogen) atoms. The molecular weight excluding hydrogens is 424 g/mol. The van der Waals surface area contributed by atoms with E-state index in [9.17, 15) is 10.1 Å². The van der Waals surface area contributed by atoms with Crippen LogP contribution in [0.25, 0.3) is 5.69 Å². The average molecular weight is 443 g/mol.